The molecule has 0 spiro atoms. The number of rotatable bonds is 4. The monoisotopic (exact) mass is 453 g/mol. The second-order valence-corrected chi connectivity index (χ2v) is 9.10. The Kier molecular flexibility index (Phi) is 5.97. The van der Waals surface area contributed by atoms with Gasteiger partial charge in [-0.1, -0.05) is 55.5 Å². The minimum atomic E-state index is -0.206. The van der Waals surface area contributed by atoms with Gasteiger partial charge in [-0.05, 0) is 65.8 Å². The van der Waals surface area contributed by atoms with Crippen molar-refractivity contribution in [2.75, 3.05) is 11.6 Å². The maximum absolute atomic E-state index is 13.8. The second-order valence-electron chi connectivity index (χ2n) is 8.22. The number of aryl methyl sites for hydroxylation is 1. The molecule has 1 N–H and O–H groups in total. The molecule has 1 aromatic heterocycles. The highest BCUT2D eigenvalue weighted by atomic mass is 32.2. The number of urea groups is 1. The maximum Gasteiger partial charge on any atom is 0.322 e. The van der Waals surface area contributed by atoms with Crippen molar-refractivity contribution in [2.24, 2.45) is 0 Å². The van der Waals surface area contributed by atoms with E-state index in [0.29, 0.717) is 6.54 Å². The minimum Gasteiger partial charge on any atom is -0.318 e. The van der Waals surface area contributed by atoms with Crippen molar-refractivity contribution in [3.8, 4) is 5.69 Å². The molecule has 1 aliphatic heterocycles. The summed E-state index contributed by atoms with van der Waals surface area (Å²) in [4.78, 5) is 16.8. The summed E-state index contributed by atoms with van der Waals surface area (Å²) in [6.07, 6.45) is 5.12. The quantitative estimate of drug-likeness (QED) is 0.341. The number of hydrogen-bond donors (Lipinski definition) is 1. The van der Waals surface area contributed by atoms with E-state index < -0.39 is 0 Å². The number of nitrogens with zero attached hydrogens (tertiary/aromatic N) is 2. The Morgan fingerprint density at radius 1 is 1.00 bits per heavy atom. The smallest absolute Gasteiger partial charge is 0.318 e. The molecule has 4 aromatic rings. The van der Waals surface area contributed by atoms with Crippen LogP contribution in [0.25, 0.3) is 5.69 Å². The van der Waals surface area contributed by atoms with E-state index in [0.717, 1.165) is 39.5 Å². The molecule has 0 radical (unpaired) electrons. The second kappa shape index (κ2) is 9.20. The van der Waals surface area contributed by atoms with Gasteiger partial charge in [0.05, 0.1) is 18.3 Å². The van der Waals surface area contributed by atoms with Crippen LogP contribution in [0.2, 0.25) is 0 Å². The lowest BCUT2D eigenvalue weighted by Gasteiger charge is -2.31. The molecular weight excluding hydrogens is 426 g/mol. The molecule has 2 amide bonds. The molecule has 0 fully saturated rings. The zero-order valence-corrected chi connectivity index (χ0v) is 19.7. The number of carbonyl (C=O) groups is 1. The number of aromatic nitrogens is 1. The Labute approximate surface area is 199 Å². The summed E-state index contributed by atoms with van der Waals surface area (Å²) in [5.41, 5.74) is 6.52. The van der Waals surface area contributed by atoms with Crippen molar-refractivity contribution in [3.05, 3.63) is 114 Å². The van der Waals surface area contributed by atoms with Crippen molar-refractivity contribution in [3.63, 3.8) is 0 Å². The third kappa shape index (κ3) is 4.16. The molecule has 0 saturated carbocycles. The number of nitrogens with one attached hydrogen (secondary N) is 1. The summed E-state index contributed by atoms with van der Waals surface area (Å²) >= 11 is 1.66. The van der Waals surface area contributed by atoms with Crippen LogP contribution in [-0.4, -0.2) is 21.8 Å². The fourth-order valence-corrected chi connectivity index (χ4v) is 4.98. The highest BCUT2D eigenvalue weighted by Gasteiger charge is 2.33. The zero-order chi connectivity index (χ0) is 22.8. The first-order valence-corrected chi connectivity index (χ1v) is 12.5. The maximum atomic E-state index is 13.8. The van der Waals surface area contributed by atoms with Gasteiger partial charge in [-0.15, -0.1) is 11.8 Å². The summed E-state index contributed by atoms with van der Waals surface area (Å²) < 4.78 is 2.22. The lowest BCUT2D eigenvalue weighted by molar-refractivity contribution is 0.194. The highest BCUT2D eigenvalue weighted by Crippen LogP contribution is 2.37. The molecular formula is C28H27N3OS. The Balaban J connectivity index is 1.60. The van der Waals surface area contributed by atoms with E-state index in [4.69, 9.17) is 0 Å². The molecule has 0 aliphatic carbocycles. The van der Waals surface area contributed by atoms with Crippen LogP contribution in [0, 0.1) is 0 Å². The van der Waals surface area contributed by atoms with Crippen molar-refractivity contribution in [1.82, 2.24) is 9.47 Å². The number of para-hydroxylation sites is 1. The fraction of sp³-hybridized carbons (Fsp3) is 0.179. The Bertz CT molecular complexity index is 1280. The highest BCUT2D eigenvalue weighted by molar-refractivity contribution is 7.98. The van der Waals surface area contributed by atoms with E-state index >= 15 is 0 Å². The summed E-state index contributed by atoms with van der Waals surface area (Å²) in [7, 11) is 0. The number of carbonyl (C=O) groups excluding carboxylic acids is 1. The molecule has 3 aromatic carbocycles. The molecule has 0 saturated heterocycles. The normalized spacial score (nSPS) is 14.8. The number of anilines is 1. The number of benzene rings is 3. The topological polar surface area (TPSA) is 37.3 Å². The molecule has 1 unspecified atom stereocenters. The van der Waals surface area contributed by atoms with Crippen LogP contribution in [0.15, 0.2) is 96.0 Å². The van der Waals surface area contributed by atoms with Gasteiger partial charge in [0.1, 0.15) is 0 Å². The molecule has 33 heavy (non-hydrogen) atoms. The molecule has 166 valence electrons. The summed E-state index contributed by atoms with van der Waals surface area (Å²) in [6.45, 7) is 2.68. The first-order valence-electron chi connectivity index (χ1n) is 11.2. The van der Waals surface area contributed by atoms with Crippen LogP contribution < -0.4 is 5.32 Å². The summed E-state index contributed by atoms with van der Waals surface area (Å²) in [5.74, 6) is 0. The van der Waals surface area contributed by atoms with Gasteiger partial charge in [-0.2, -0.15) is 0 Å². The van der Waals surface area contributed by atoms with Crippen LogP contribution in [0.3, 0.4) is 0 Å². The number of fused-ring (bicyclic) bond motifs is 3. The van der Waals surface area contributed by atoms with Crippen LogP contribution in [-0.2, 0) is 13.0 Å². The fourth-order valence-electron chi connectivity index (χ4n) is 4.52. The first kappa shape index (κ1) is 21.4. The van der Waals surface area contributed by atoms with Crippen LogP contribution in [0.4, 0.5) is 10.5 Å². The molecule has 1 aliphatic rings. The Morgan fingerprint density at radius 2 is 1.82 bits per heavy atom. The van der Waals surface area contributed by atoms with Crippen molar-refractivity contribution >= 4 is 23.5 Å². The van der Waals surface area contributed by atoms with Gasteiger partial charge in [0.25, 0.3) is 0 Å². The zero-order valence-electron chi connectivity index (χ0n) is 18.9. The predicted molar refractivity (Wildman–Crippen MR) is 136 cm³/mol. The van der Waals surface area contributed by atoms with Gasteiger partial charge in [0.15, 0.2) is 0 Å². The molecule has 0 bridgehead atoms. The Morgan fingerprint density at radius 3 is 2.61 bits per heavy atom. The average molecular weight is 454 g/mol. The SMILES string of the molecule is CCc1ccc(C2c3cccn3-c3ccccc3CN2C(=O)Nc2cccc(SC)c2)cc1. The largest absolute Gasteiger partial charge is 0.322 e. The average Bonchev–Trinajstić information content (AvgIpc) is 3.28. The predicted octanol–water partition coefficient (Wildman–Crippen LogP) is 6.90. The van der Waals surface area contributed by atoms with E-state index in [2.05, 4.69) is 77.6 Å². The van der Waals surface area contributed by atoms with E-state index in [1.165, 1.54) is 5.56 Å². The van der Waals surface area contributed by atoms with E-state index in [1.807, 2.05) is 41.5 Å². The number of amides is 2. The molecule has 2 heterocycles. The van der Waals surface area contributed by atoms with Crippen LogP contribution in [0.1, 0.15) is 35.3 Å². The molecule has 5 rings (SSSR count). The molecule has 4 nitrogen and oxygen atoms in total. The Hall–Kier alpha value is -3.44. The van der Waals surface area contributed by atoms with Crippen LogP contribution in [0.5, 0.6) is 0 Å². The van der Waals surface area contributed by atoms with Gasteiger partial charge < -0.3 is 14.8 Å². The van der Waals surface area contributed by atoms with E-state index in [1.54, 1.807) is 11.8 Å². The number of thioether (sulfide) groups is 1. The standard InChI is InChI=1S/C28H27N3OS/c1-3-20-13-15-21(16-14-20)27-26-12-7-17-30(26)25-11-5-4-8-22(25)19-31(27)28(32)29-23-9-6-10-24(18-23)33-2/h4-18,27H,3,19H2,1-2H3,(H,29,32). The number of hydrogen-bond acceptors (Lipinski definition) is 2. The molecule has 1 atom stereocenters. The van der Waals surface area contributed by atoms with Crippen molar-refractivity contribution in [2.45, 2.75) is 30.8 Å². The van der Waals surface area contributed by atoms with Gasteiger partial charge in [0.2, 0.25) is 0 Å². The van der Waals surface area contributed by atoms with Gasteiger partial charge in [-0.3, -0.25) is 0 Å². The van der Waals surface area contributed by atoms with Gasteiger partial charge >= 0.3 is 6.03 Å². The first-order chi connectivity index (χ1) is 16.2. The lowest BCUT2D eigenvalue weighted by atomic mass is 10.00. The van der Waals surface area contributed by atoms with E-state index in [-0.39, 0.29) is 12.1 Å². The van der Waals surface area contributed by atoms with Gasteiger partial charge in [-0.25, -0.2) is 4.79 Å². The van der Waals surface area contributed by atoms with Gasteiger partial charge in [0, 0.05) is 22.5 Å². The third-order valence-electron chi connectivity index (χ3n) is 6.25. The lowest BCUT2D eigenvalue weighted by Crippen LogP contribution is -2.37. The molecule has 5 heteroatoms. The summed E-state index contributed by atoms with van der Waals surface area (Å²) in [6, 6.07) is 28.8. The third-order valence-corrected chi connectivity index (χ3v) is 6.97. The minimum absolute atomic E-state index is 0.109. The van der Waals surface area contributed by atoms with Crippen molar-refractivity contribution < 1.29 is 4.79 Å². The van der Waals surface area contributed by atoms with Crippen molar-refractivity contribution in [1.29, 1.82) is 0 Å². The van der Waals surface area contributed by atoms with Crippen LogP contribution >= 0.6 is 11.8 Å². The summed E-state index contributed by atoms with van der Waals surface area (Å²) in [5, 5.41) is 3.15. The van der Waals surface area contributed by atoms with E-state index in [9.17, 15) is 4.79 Å².